The fourth-order valence-corrected chi connectivity index (χ4v) is 0.958. The number of nitrogens with zero attached hydrogens (tertiary/aromatic N) is 1. The maximum Gasteiger partial charge on any atom is 0.294 e. The number of nitrogens with two attached hydrogens (primary N) is 1. The van der Waals surface area contributed by atoms with E-state index in [2.05, 4.69) is 22.8 Å². The first kappa shape index (κ1) is 14.0. The molecule has 1 unspecified atom stereocenters. The molecule has 15 heavy (non-hydrogen) atoms. The van der Waals surface area contributed by atoms with Crippen LogP contribution in [0.2, 0.25) is 0 Å². The maximum absolute atomic E-state index is 11.1. The smallest absolute Gasteiger partial charge is 0.294 e. The molecular formula is C7H15N3O4S. The van der Waals surface area contributed by atoms with Gasteiger partial charge >= 0.3 is 0 Å². The maximum atomic E-state index is 11.1. The lowest BCUT2D eigenvalue weighted by Crippen LogP contribution is -2.42. The number of hydrogen-bond donors (Lipinski definition) is 3. The summed E-state index contributed by atoms with van der Waals surface area (Å²) in [6, 6.07) is -0.608. The van der Waals surface area contributed by atoms with Crippen molar-refractivity contribution in [1.82, 2.24) is 5.32 Å². The molecule has 0 saturated heterocycles. The molecule has 7 nitrogen and oxygen atoms in total. The van der Waals surface area contributed by atoms with Gasteiger partial charge in [0.05, 0.1) is 12.6 Å². The number of rotatable bonds is 8. The number of hydrogen-bond acceptors (Lipinski definition) is 6. The highest BCUT2D eigenvalue weighted by atomic mass is 32.1. The number of unbranched alkanes of at least 4 members (excludes halogenated alkanes) is 1. The first-order valence-corrected chi connectivity index (χ1v) is 5.12. The molecular weight excluding hydrogens is 222 g/mol. The van der Waals surface area contributed by atoms with E-state index in [9.17, 15) is 14.9 Å². The van der Waals surface area contributed by atoms with E-state index in [1.54, 1.807) is 0 Å². The second kappa shape index (κ2) is 8.30. The van der Waals surface area contributed by atoms with Gasteiger partial charge in [0.2, 0.25) is 5.91 Å². The Morgan fingerprint density at radius 2 is 2.27 bits per heavy atom. The first-order valence-electron chi connectivity index (χ1n) is 4.49. The zero-order valence-electron chi connectivity index (χ0n) is 8.22. The second-order valence-electron chi connectivity index (χ2n) is 2.84. The van der Waals surface area contributed by atoms with Gasteiger partial charge in [-0.05, 0) is 12.8 Å². The third kappa shape index (κ3) is 8.01. The third-order valence-electron chi connectivity index (χ3n) is 1.60. The predicted octanol–water partition coefficient (Wildman–Crippen LogP) is -0.652. The van der Waals surface area contributed by atoms with Gasteiger partial charge in [-0.1, -0.05) is 0 Å². The lowest BCUT2D eigenvalue weighted by Gasteiger charge is -2.08. The summed E-state index contributed by atoms with van der Waals surface area (Å²) in [6.45, 7) is 0.475. The Bertz CT molecular complexity index is 214. The molecule has 0 aliphatic carbocycles. The standard InChI is InChI=1S/C7H15N3O4S/c8-6(5-15)7(11)9-3-1-2-4-14-10(12)13/h6,15H,1-5,8H2,(H,9,11). The summed E-state index contributed by atoms with van der Waals surface area (Å²) in [5.74, 6) is 0.0243. The molecule has 0 bridgehead atoms. The van der Waals surface area contributed by atoms with Gasteiger partial charge in [-0.15, -0.1) is 10.1 Å². The van der Waals surface area contributed by atoms with Crippen molar-refractivity contribution in [3.8, 4) is 0 Å². The topological polar surface area (TPSA) is 107 Å². The quantitative estimate of drug-likeness (QED) is 0.225. The second-order valence-corrected chi connectivity index (χ2v) is 3.21. The van der Waals surface area contributed by atoms with Crippen LogP contribution in [0.25, 0.3) is 0 Å². The Labute approximate surface area is 92.9 Å². The summed E-state index contributed by atoms with van der Waals surface area (Å²) in [5.41, 5.74) is 5.39. The summed E-state index contributed by atoms with van der Waals surface area (Å²) >= 11 is 3.88. The molecule has 0 aromatic heterocycles. The van der Waals surface area contributed by atoms with E-state index in [1.807, 2.05) is 0 Å². The molecule has 1 atom stereocenters. The normalized spacial score (nSPS) is 11.9. The SMILES string of the molecule is NC(CS)C(=O)NCCCCO[N+](=O)[O-]. The molecule has 0 fully saturated rings. The third-order valence-corrected chi connectivity index (χ3v) is 1.99. The average molecular weight is 237 g/mol. The lowest BCUT2D eigenvalue weighted by atomic mass is 10.3. The molecule has 0 aromatic carbocycles. The van der Waals surface area contributed by atoms with Crippen molar-refractivity contribution in [3.63, 3.8) is 0 Å². The number of thiol groups is 1. The highest BCUT2D eigenvalue weighted by molar-refractivity contribution is 7.80. The van der Waals surface area contributed by atoms with Crippen molar-refractivity contribution in [3.05, 3.63) is 10.1 Å². The Hall–Kier alpha value is -1.02. The van der Waals surface area contributed by atoms with Crippen molar-refractivity contribution in [2.75, 3.05) is 18.9 Å². The molecule has 3 N–H and O–H groups in total. The van der Waals surface area contributed by atoms with Crippen LogP contribution in [0.4, 0.5) is 0 Å². The first-order chi connectivity index (χ1) is 7.07. The van der Waals surface area contributed by atoms with Crippen molar-refractivity contribution in [2.24, 2.45) is 5.73 Å². The molecule has 0 heterocycles. The van der Waals surface area contributed by atoms with E-state index in [-0.39, 0.29) is 18.3 Å². The van der Waals surface area contributed by atoms with E-state index in [4.69, 9.17) is 5.73 Å². The van der Waals surface area contributed by atoms with E-state index in [0.29, 0.717) is 19.4 Å². The van der Waals surface area contributed by atoms with E-state index >= 15 is 0 Å². The fourth-order valence-electron chi connectivity index (χ4n) is 0.792. The average Bonchev–Trinajstić information content (AvgIpc) is 2.21. The van der Waals surface area contributed by atoms with Gasteiger partial charge in [0.25, 0.3) is 5.09 Å². The minimum absolute atomic E-state index is 0.0431. The summed E-state index contributed by atoms with van der Waals surface area (Å²) < 4.78 is 0. The van der Waals surface area contributed by atoms with Gasteiger partial charge in [0.1, 0.15) is 0 Å². The Morgan fingerprint density at radius 3 is 2.80 bits per heavy atom. The van der Waals surface area contributed by atoms with Crippen LogP contribution in [0.15, 0.2) is 0 Å². The number of carbonyl (C=O) groups excluding carboxylic acids is 1. The molecule has 0 spiro atoms. The monoisotopic (exact) mass is 237 g/mol. The Balaban J connectivity index is 3.31. The Morgan fingerprint density at radius 1 is 1.60 bits per heavy atom. The largest absolute Gasteiger partial charge is 0.355 e. The van der Waals surface area contributed by atoms with Crippen molar-refractivity contribution >= 4 is 18.5 Å². The fraction of sp³-hybridized carbons (Fsp3) is 0.857. The molecule has 0 rings (SSSR count). The molecule has 0 aromatic rings. The van der Waals surface area contributed by atoms with Gasteiger partial charge in [-0.2, -0.15) is 12.6 Å². The predicted molar refractivity (Wildman–Crippen MR) is 57.0 cm³/mol. The van der Waals surface area contributed by atoms with Crippen LogP contribution >= 0.6 is 12.6 Å². The van der Waals surface area contributed by atoms with Gasteiger partial charge in [0, 0.05) is 12.3 Å². The number of amides is 1. The van der Waals surface area contributed by atoms with Crippen LogP contribution in [0, 0.1) is 10.1 Å². The van der Waals surface area contributed by atoms with Crippen LogP contribution in [0.5, 0.6) is 0 Å². The van der Waals surface area contributed by atoms with Crippen LogP contribution in [-0.4, -0.2) is 35.9 Å². The molecule has 0 aliphatic heterocycles. The van der Waals surface area contributed by atoms with E-state index < -0.39 is 11.1 Å². The van der Waals surface area contributed by atoms with Gasteiger partial charge < -0.3 is 15.9 Å². The molecule has 0 aliphatic rings. The van der Waals surface area contributed by atoms with Crippen molar-refractivity contribution in [2.45, 2.75) is 18.9 Å². The van der Waals surface area contributed by atoms with Gasteiger partial charge in [-0.25, -0.2) is 0 Å². The number of carbonyl (C=O) groups is 1. The van der Waals surface area contributed by atoms with E-state index in [1.165, 1.54) is 0 Å². The summed E-state index contributed by atoms with van der Waals surface area (Å²) in [7, 11) is 0. The summed E-state index contributed by atoms with van der Waals surface area (Å²) in [5, 5.41) is 11.5. The minimum Gasteiger partial charge on any atom is -0.355 e. The summed E-state index contributed by atoms with van der Waals surface area (Å²) in [4.78, 5) is 24.9. The highest BCUT2D eigenvalue weighted by Gasteiger charge is 2.09. The molecule has 8 heteroatoms. The minimum atomic E-state index is -0.838. The van der Waals surface area contributed by atoms with Crippen molar-refractivity contribution < 1.29 is 14.7 Å². The van der Waals surface area contributed by atoms with Crippen LogP contribution in [0.3, 0.4) is 0 Å². The zero-order valence-corrected chi connectivity index (χ0v) is 9.11. The lowest BCUT2D eigenvalue weighted by molar-refractivity contribution is -0.757. The van der Waals surface area contributed by atoms with Crippen molar-refractivity contribution in [1.29, 1.82) is 0 Å². The Kier molecular flexibility index (Phi) is 7.74. The van der Waals surface area contributed by atoms with Crippen LogP contribution < -0.4 is 11.1 Å². The van der Waals surface area contributed by atoms with Crippen LogP contribution in [0.1, 0.15) is 12.8 Å². The highest BCUT2D eigenvalue weighted by Crippen LogP contribution is 1.90. The zero-order chi connectivity index (χ0) is 11.7. The molecule has 0 radical (unpaired) electrons. The van der Waals surface area contributed by atoms with Crippen LogP contribution in [-0.2, 0) is 9.63 Å². The number of nitrogens with one attached hydrogen (secondary N) is 1. The van der Waals surface area contributed by atoms with Gasteiger partial charge in [0.15, 0.2) is 0 Å². The molecule has 0 saturated carbocycles. The summed E-state index contributed by atoms with van der Waals surface area (Å²) in [6.07, 6.45) is 1.12. The van der Waals surface area contributed by atoms with E-state index in [0.717, 1.165) is 0 Å². The molecule has 1 amide bonds. The molecule has 88 valence electrons. The van der Waals surface area contributed by atoms with Gasteiger partial charge in [-0.3, -0.25) is 4.79 Å².